The lowest BCUT2D eigenvalue weighted by Gasteiger charge is -2.08. The molecule has 0 bridgehead atoms. The molecule has 0 aromatic carbocycles. The summed E-state index contributed by atoms with van der Waals surface area (Å²) in [5.74, 6) is 0.130. The van der Waals surface area contributed by atoms with E-state index in [-0.39, 0.29) is 5.91 Å². The van der Waals surface area contributed by atoms with Crippen molar-refractivity contribution in [2.24, 2.45) is 5.16 Å². The van der Waals surface area contributed by atoms with E-state index in [1.165, 1.54) is 6.20 Å². The van der Waals surface area contributed by atoms with Gasteiger partial charge in [0.05, 0.1) is 16.4 Å². The molecular formula is C15H16ClN5O2. The Morgan fingerprint density at radius 1 is 1.52 bits per heavy atom. The fourth-order valence-corrected chi connectivity index (χ4v) is 2.41. The maximum Gasteiger partial charge on any atom is 0.269 e. The molecule has 2 aromatic heterocycles. The third-order valence-electron chi connectivity index (χ3n) is 3.52. The molecule has 1 amide bonds. The number of oxime groups is 1. The Labute approximate surface area is 138 Å². The zero-order chi connectivity index (χ0) is 16.4. The third kappa shape index (κ3) is 3.34. The highest BCUT2D eigenvalue weighted by Crippen LogP contribution is 2.20. The van der Waals surface area contributed by atoms with Gasteiger partial charge in [-0.1, -0.05) is 16.8 Å². The number of carbonyl (C=O) groups excluding carboxylic acids is 1. The molecule has 0 radical (unpaired) electrons. The standard InChI is InChI=1S/C15H16ClN5O2/c1-3-21-8-11(9(2)19-21)12-6-13(23-20-12)15(22)18-14-5-4-10(16)7-17-14/h4-5,7-8,13H,3,6H2,1-2H3,(H,17,18,22). The van der Waals surface area contributed by atoms with E-state index in [0.29, 0.717) is 17.3 Å². The van der Waals surface area contributed by atoms with Gasteiger partial charge in [0, 0.05) is 30.9 Å². The predicted molar refractivity (Wildman–Crippen MR) is 86.5 cm³/mol. The van der Waals surface area contributed by atoms with E-state index in [0.717, 1.165) is 23.5 Å². The maximum absolute atomic E-state index is 12.2. The molecule has 3 rings (SSSR count). The number of carbonyl (C=O) groups is 1. The smallest absolute Gasteiger partial charge is 0.269 e. The van der Waals surface area contributed by atoms with Crippen LogP contribution in [0.2, 0.25) is 5.02 Å². The van der Waals surface area contributed by atoms with Crippen molar-refractivity contribution in [3.05, 3.63) is 40.8 Å². The van der Waals surface area contributed by atoms with Gasteiger partial charge in [0.2, 0.25) is 6.10 Å². The molecule has 0 spiro atoms. The van der Waals surface area contributed by atoms with E-state index in [1.54, 1.807) is 12.1 Å². The topological polar surface area (TPSA) is 81.4 Å². The van der Waals surface area contributed by atoms with Crippen LogP contribution in [0.15, 0.2) is 29.7 Å². The summed E-state index contributed by atoms with van der Waals surface area (Å²) in [6.07, 6.45) is 3.11. The largest absolute Gasteiger partial charge is 0.382 e. The summed E-state index contributed by atoms with van der Waals surface area (Å²) < 4.78 is 1.83. The Morgan fingerprint density at radius 2 is 2.35 bits per heavy atom. The molecule has 0 saturated heterocycles. The number of rotatable bonds is 4. The molecular weight excluding hydrogens is 318 g/mol. The van der Waals surface area contributed by atoms with Crippen LogP contribution in [0.1, 0.15) is 24.6 Å². The second-order valence-electron chi connectivity index (χ2n) is 5.17. The number of anilines is 1. The zero-order valence-corrected chi connectivity index (χ0v) is 13.5. The molecule has 8 heteroatoms. The summed E-state index contributed by atoms with van der Waals surface area (Å²) in [6, 6.07) is 3.29. The number of nitrogens with zero attached hydrogens (tertiary/aromatic N) is 4. The SMILES string of the molecule is CCn1cc(C2=NOC(C(=O)Nc3ccc(Cl)cn3)C2)c(C)n1. The van der Waals surface area contributed by atoms with E-state index in [2.05, 4.69) is 20.6 Å². The van der Waals surface area contributed by atoms with Crippen molar-refractivity contribution in [3.8, 4) is 0 Å². The average Bonchev–Trinajstić information content (AvgIpc) is 3.16. The van der Waals surface area contributed by atoms with E-state index in [4.69, 9.17) is 16.4 Å². The Kier molecular flexibility index (Phi) is 4.29. The van der Waals surface area contributed by atoms with E-state index < -0.39 is 6.10 Å². The van der Waals surface area contributed by atoms with Crippen molar-refractivity contribution in [1.29, 1.82) is 0 Å². The normalized spacial score (nSPS) is 16.8. The average molecular weight is 334 g/mol. The van der Waals surface area contributed by atoms with Crippen LogP contribution in [0.3, 0.4) is 0 Å². The van der Waals surface area contributed by atoms with Crippen LogP contribution in [0.5, 0.6) is 0 Å². The van der Waals surface area contributed by atoms with Crippen LogP contribution in [0.4, 0.5) is 5.82 Å². The molecule has 1 atom stereocenters. The van der Waals surface area contributed by atoms with Gasteiger partial charge in [-0.25, -0.2) is 4.98 Å². The van der Waals surface area contributed by atoms with Gasteiger partial charge in [-0.15, -0.1) is 0 Å². The second kappa shape index (κ2) is 6.37. The maximum atomic E-state index is 12.2. The van der Waals surface area contributed by atoms with Crippen LogP contribution in [-0.4, -0.2) is 32.5 Å². The van der Waals surface area contributed by atoms with Crippen molar-refractivity contribution in [3.63, 3.8) is 0 Å². The summed E-state index contributed by atoms with van der Waals surface area (Å²) >= 11 is 5.76. The van der Waals surface area contributed by atoms with Gasteiger partial charge < -0.3 is 10.2 Å². The molecule has 1 aliphatic heterocycles. The number of aryl methyl sites for hydroxylation is 2. The van der Waals surface area contributed by atoms with Crippen molar-refractivity contribution >= 4 is 29.0 Å². The number of nitrogens with one attached hydrogen (secondary N) is 1. The van der Waals surface area contributed by atoms with Crippen LogP contribution in [0.25, 0.3) is 0 Å². The Hall–Kier alpha value is -2.41. The molecule has 7 nitrogen and oxygen atoms in total. The molecule has 0 aliphatic carbocycles. The first-order valence-electron chi connectivity index (χ1n) is 7.26. The van der Waals surface area contributed by atoms with Crippen molar-refractivity contribution in [2.45, 2.75) is 32.9 Å². The molecule has 1 N–H and O–H groups in total. The number of hydrogen-bond acceptors (Lipinski definition) is 5. The van der Waals surface area contributed by atoms with Crippen LogP contribution < -0.4 is 5.32 Å². The number of hydrogen-bond donors (Lipinski definition) is 1. The molecule has 1 unspecified atom stereocenters. The minimum Gasteiger partial charge on any atom is -0.382 e. The fourth-order valence-electron chi connectivity index (χ4n) is 2.30. The van der Waals surface area contributed by atoms with E-state index in [1.807, 2.05) is 24.7 Å². The van der Waals surface area contributed by atoms with Gasteiger partial charge in [0.25, 0.3) is 5.91 Å². The van der Waals surface area contributed by atoms with Crippen LogP contribution >= 0.6 is 11.6 Å². The van der Waals surface area contributed by atoms with Gasteiger partial charge >= 0.3 is 0 Å². The van der Waals surface area contributed by atoms with Crippen molar-refractivity contribution in [2.75, 3.05) is 5.32 Å². The monoisotopic (exact) mass is 333 g/mol. The minimum absolute atomic E-state index is 0.292. The Balaban J connectivity index is 1.65. The summed E-state index contributed by atoms with van der Waals surface area (Å²) in [7, 11) is 0. The number of pyridine rings is 1. The predicted octanol–water partition coefficient (Wildman–Crippen LogP) is 2.39. The molecule has 120 valence electrons. The molecule has 2 aromatic rings. The second-order valence-corrected chi connectivity index (χ2v) is 5.61. The first-order chi connectivity index (χ1) is 11.1. The molecule has 23 heavy (non-hydrogen) atoms. The van der Waals surface area contributed by atoms with Gasteiger partial charge in [0.15, 0.2) is 0 Å². The van der Waals surface area contributed by atoms with Gasteiger partial charge in [-0.2, -0.15) is 5.10 Å². The highest BCUT2D eigenvalue weighted by atomic mass is 35.5. The highest BCUT2D eigenvalue weighted by Gasteiger charge is 2.30. The molecule has 1 aliphatic rings. The van der Waals surface area contributed by atoms with Crippen molar-refractivity contribution < 1.29 is 9.63 Å². The molecule has 3 heterocycles. The van der Waals surface area contributed by atoms with Crippen LogP contribution in [0, 0.1) is 6.92 Å². The van der Waals surface area contributed by atoms with Crippen LogP contribution in [-0.2, 0) is 16.2 Å². The van der Waals surface area contributed by atoms with Gasteiger partial charge in [-0.05, 0) is 26.0 Å². The zero-order valence-electron chi connectivity index (χ0n) is 12.8. The quantitative estimate of drug-likeness (QED) is 0.931. The van der Waals surface area contributed by atoms with E-state index in [9.17, 15) is 4.79 Å². The summed E-state index contributed by atoms with van der Waals surface area (Å²) in [4.78, 5) is 21.5. The first-order valence-corrected chi connectivity index (χ1v) is 7.64. The molecule has 0 saturated carbocycles. The van der Waals surface area contributed by atoms with Gasteiger partial charge in [-0.3, -0.25) is 9.48 Å². The number of amides is 1. The number of aromatic nitrogens is 3. The van der Waals surface area contributed by atoms with E-state index >= 15 is 0 Å². The lowest BCUT2D eigenvalue weighted by molar-refractivity contribution is -0.125. The fraction of sp³-hybridized carbons (Fsp3) is 0.333. The summed E-state index contributed by atoms with van der Waals surface area (Å²) in [6.45, 7) is 4.70. The Morgan fingerprint density at radius 3 is 3.00 bits per heavy atom. The third-order valence-corrected chi connectivity index (χ3v) is 3.74. The Bertz CT molecular complexity index is 754. The summed E-state index contributed by atoms with van der Waals surface area (Å²) in [5.41, 5.74) is 2.51. The summed E-state index contributed by atoms with van der Waals surface area (Å²) in [5, 5.41) is 11.6. The molecule has 0 fully saturated rings. The highest BCUT2D eigenvalue weighted by molar-refractivity contribution is 6.30. The lowest BCUT2D eigenvalue weighted by atomic mass is 10.1. The first kappa shape index (κ1) is 15.5. The van der Waals surface area contributed by atoms with Gasteiger partial charge in [0.1, 0.15) is 5.82 Å². The lowest BCUT2D eigenvalue weighted by Crippen LogP contribution is -2.28. The minimum atomic E-state index is -0.674. The van der Waals surface area contributed by atoms with Crippen molar-refractivity contribution in [1.82, 2.24) is 14.8 Å². The number of halogens is 1.